The van der Waals surface area contributed by atoms with Gasteiger partial charge in [-0.3, -0.25) is 9.59 Å². The minimum absolute atomic E-state index is 0.00722. The van der Waals surface area contributed by atoms with Crippen LogP contribution >= 0.6 is 0 Å². The summed E-state index contributed by atoms with van der Waals surface area (Å²) in [4.78, 5) is 39.3. The summed E-state index contributed by atoms with van der Waals surface area (Å²) in [6.07, 6.45) is -0.382. The molecule has 0 bridgehead atoms. The summed E-state index contributed by atoms with van der Waals surface area (Å²) in [6, 6.07) is -1.85. The minimum atomic E-state index is -4.51. The number of halogens is 3. The Bertz CT molecular complexity index is 1260. The second kappa shape index (κ2) is 9.04. The summed E-state index contributed by atoms with van der Waals surface area (Å²) in [7, 11) is 0. The maximum atomic E-state index is 13.3. The Hall–Kier alpha value is -3.31. The molecule has 2 amide bonds. The molecule has 2 aromatic heterocycles. The average molecular weight is 497 g/mol. The molecule has 12 heteroatoms. The van der Waals surface area contributed by atoms with Crippen molar-refractivity contribution >= 4 is 23.5 Å². The third-order valence-corrected chi connectivity index (χ3v) is 6.28. The van der Waals surface area contributed by atoms with Gasteiger partial charge in [0.25, 0.3) is 5.91 Å². The van der Waals surface area contributed by atoms with Crippen LogP contribution in [0.2, 0.25) is 0 Å². The highest BCUT2D eigenvalue weighted by Gasteiger charge is 2.47. The topological polar surface area (TPSA) is 111 Å². The first-order valence-electron chi connectivity index (χ1n) is 11.7. The van der Waals surface area contributed by atoms with Gasteiger partial charge in [-0.15, -0.1) is 0 Å². The van der Waals surface area contributed by atoms with Crippen molar-refractivity contribution in [1.29, 1.82) is 0 Å². The van der Waals surface area contributed by atoms with Gasteiger partial charge in [0.15, 0.2) is 0 Å². The van der Waals surface area contributed by atoms with E-state index in [-0.39, 0.29) is 43.5 Å². The van der Waals surface area contributed by atoms with E-state index in [9.17, 15) is 32.7 Å². The van der Waals surface area contributed by atoms with E-state index in [1.54, 1.807) is 6.92 Å². The highest BCUT2D eigenvalue weighted by Crippen LogP contribution is 2.33. The Morgan fingerprint density at radius 1 is 1.29 bits per heavy atom. The molecular formula is C23H29F3N5O4+. The summed E-state index contributed by atoms with van der Waals surface area (Å²) < 4.78 is 42.4. The first kappa shape index (κ1) is 24.8. The number of rotatable bonds is 6. The van der Waals surface area contributed by atoms with E-state index < -0.39 is 41.0 Å². The Kier molecular flexibility index (Phi) is 6.41. The number of amides is 2. The number of hydrogen-bond donors (Lipinski definition) is 3. The number of aromatic amines is 1. The fraction of sp³-hybridized carbons (Fsp3) is 0.565. The molecule has 1 saturated heterocycles. The maximum absolute atomic E-state index is 13.3. The fourth-order valence-electron chi connectivity index (χ4n) is 4.47. The summed E-state index contributed by atoms with van der Waals surface area (Å²) >= 11 is 0. The fourth-order valence-corrected chi connectivity index (χ4v) is 4.47. The van der Waals surface area contributed by atoms with Gasteiger partial charge >= 0.3 is 23.3 Å². The largest absolute Gasteiger partial charge is 0.477 e. The lowest BCUT2D eigenvalue weighted by Crippen LogP contribution is -2.46. The Morgan fingerprint density at radius 2 is 1.97 bits per heavy atom. The molecule has 3 heterocycles. The third-order valence-electron chi connectivity index (χ3n) is 6.28. The number of carbonyl (C=O) groups excluding carboxylic acids is 2. The molecule has 1 aliphatic heterocycles. The zero-order valence-corrected chi connectivity index (χ0v) is 19.8. The maximum Gasteiger partial charge on any atom is 0.408 e. The second-order valence-corrected chi connectivity index (χ2v) is 9.63. The van der Waals surface area contributed by atoms with Gasteiger partial charge in [-0.2, -0.15) is 17.7 Å². The highest BCUT2D eigenvalue weighted by molar-refractivity contribution is 5.96. The summed E-state index contributed by atoms with van der Waals surface area (Å²) in [5, 5.41) is 16.6. The molecule has 1 atom stereocenters. The SMILES string of the molecule is Cc1[nH]n2c(=O)c(C(=O)NC3CC3)c(O)[n+](CC(C)C)c2c1/C=C/C(=O)N1CCCC1C(F)(F)F. The first-order valence-corrected chi connectivity index (χ1v) is 11.7. The van der Waals surface area contributed by atoms with E-state index in [1.807, 2.05) is 13.8 Å². The molecular weight excluding hydrogens is 467 g/mol. The van der Waals surface area contributed by atoms with Crippen molar-refractivity contribution in [3.05, 3.63) is 33.3 Å². The number of H-pyrrole nitrogens is 1. The van der Waals surface area contributed by atoms with E-state index in [2.05, 4.69) is 10.4 Å². The molecule has 190 valence electrons. The van der Waals surface area contributed by atoms with Crippen LogP contribution in [0.15, 0.2) is 10.9 Å². The van der Waals surface area contributed by atoms with E-state index in [4.69, 9.17) is 0 Å². The molecule has 9 nitrogen and oxygen atoms in total. The van der Waals surface area contributed by atoms with Crippen LogP contribution < -0.4 is 15.4 Å². The van der Waals surface area contributed by atoms with Crippen LogP contribution in [0.1, 0.15) is 61.1 Å². The molecule has 0 spiro atoms. The standard InChI is InChI=1S/C23H28F3N5O4/c1-12(2)11-30-20-15(8-9-17(32)29-10-4-5-16(29)23(24,25)26)13(3)28-31(20)22(35)18(21(30)34)19(33)27-14-6-7-14/h8-9,12,14,16H,4-7,10-11H2,1-3H3,(H2,27,33,34,35)/p+1/b9-8+. The van der Waals surface area contributed by atoms with Crippen molar-refractivity contribution in [2.75, 3.05) is 6.54 Å². The first-order chi connectivity index (χ1) is 16.4. The predicted octanol–water partition coefficient (Wildman–Crippen LogP) is 2.04. The summed E-state index contributed by atoms with van der Waals surface area (Å²) in [5.41, 5.74) is -0.158. The van der Waals surface area contributed by atoms with Gasteiger partial charge < -0.3 is 15.3 Å². The van der Waals surface area contributed by atoms with Gasteiger partial charge in [-0.25, -0.2) is 9.89 Å². The molecule has 2 aromatic rings. The quantitative estimate of drug-likeness (QED) is 0.420. The molecule has 35 heavy (non-hydrogen) atoms. The molecule has 1 saturated carbocycles. The Balaban J connectivity index is 1.79. The van der Waals surface area contributed by atoms with Crippen molar-refractivity contribution in [2.24, 2.45) is 5.92 Å². The van der Waals surface area contributed by atoms with Crippen LogP contribution in [-0.2, 0) is 11.3 Å². The van der Waals surface area contributed by atoms with Crippen LogP contribution in [0.3, 0.4) is 0 Å². The van der Waals surface area contributed by atoms with Gasteiger partial charge in [0.1, 0.15) is 6.04 Å². The number of aromatic nitrogens is 3. The second-order valence-electron chi connectivity index (χ2n) is 9.63. The van der Waals surface area contributed by atoms with Crippen molar-refractivity contribution in [1.82, 2.24) is 19.8 Å². The lowest BCUT2D eigenvalue weighted by Gasteiger charge is -2.25. The van der Waals surface area contributed by atoms with E-state index in [1.165, 1.54) is 10.6 Å². The van der Waals surface area contributed by atoms with Crippen LogP contribution in [0.5, 0.6) is 5.88 Å². The van der Waals surface area contributed by atoms with Crippen LogP contribution in [0.25, 0.3) is 11.7 Å². The van der Waals surface area contributed by atoms with Crippen molar-refractivity contribution in [3.63, 3.8) is 0 Å². The normalized spacial score (nSPS) is 18.8. The number of aromatic hydroxyl groups is 1. The van der Waals surface area contributed by atoms with Crippen molar-refractivity contribution in [2.45, 2.75) is 71.3 Å². The lowest BCUT2D eigenvalue weighted by atomic mass is 10.1. The van der Waals surface area contributed by atoms with Crippen LogP contribution in [-0.4, -0.2) is 56.2 Å². The van der Waals surface area contributed by atoms with Gasteiger partial charge in [-0.05, 0) is 44.6 Å². The molecule has 0 aromatic carbocycles. The molecule has 3 N–H and O–H groups in total. The van der Waals surface area contributed by atoms with Gasteiger partial charge in [-0.1, -0.05) is 18.4 Å². The Morgan fingerprint density at radius 3 is 2.57 bits per heavy atom. The van der Waals surface area contributed by atoms with Gasteiger partial charge in [0.2, 0.25) is 11.5 Å². The van der Waals surface area contributed by atoms with Crippen LogP contribution in [0.4, 0.5) is 13.2 Å². The molecule has 2 aliphatic rings. The minimum Gasteiger partial charge on any atom is -0.477 e. The monoisotopic (exact) mass is 496 g/mol. The smallest absolute Gasteiger partial charge is 0.408 e. The summed E-state index contributed by atoms with van der Waals surface area (Å²) in [5.74, 6) is -1.95. The number of nitrogens with one attached hydrogen (secondary N) is 2. The average Bonchev–Trinajstić information content (AvgIpc) is 3.29. The van der Waals surface area contributed by atoms with Crippen molar-refractivity contribution in [3.8, 4) is 5.88 Å². The zero-order chi connectivity index (χ0) is 25.7. The Labute approximate surface area is 199 Å². The highest BCUT2D eigenvalue weighted by atomic mass is 19.4. The number of fused-ring (bicyclic) bond motifs is 1. The van der Waals surface area contributed by atoms with Gasteiger partial charge in [0.05, 0.1) is 17.8 Å². The number of hydrogen-bond acceptors (Lipinski definition) is 4. The predicted molar refractivity (Wildman–Crippen MR) is 120 cm³/mol. The van der Waals surface area contributed by atoms with Crippen LogP contribution in [0, 0.1) is 12.8 Å². The number of likely N-dealkylation sites (tertiary alicyclic amines) is 1. The molecule has 1 unspecified atom stereocenters. The van der Waals surface area contributed by atoms with Crippen molar-refractivity contribution < 1.29 is 32.4 Å². The number of carbonyl (C=O) groups is 2. The molecule has 1 aliphatic carbocycles. The molecule has 2 fully saturated rings. The summed E-state index contributed by atoms with van der Waals surface area (Å²) in [6.45, 7) is 5.66. The number of alkyl halides is 3. The number of nitrogens with zero attached hydrogens (tertiary/aromatic N) is 3. The van der Waals surface area contributed by atoms with E-state index >= 15 is 0 Å². The van der Waals surface area contributed by atoms with E-state index in [0.29, 0.717) is 11.3 Å². The van der Waals surface area contributed by atoms with E-state index in [0.717, 1.165) is 28.3 Å². The molecule has 0 radical (unpaired) electrons. The lowest BCUT2D eigenvalue weighted by molar-refractivity contribution is -0.686. The number of aryl methyl sites for hydroxylation is 1. The van der Waals surface area contributed by atoms with Gasteiger partial charge in [0, 0.05) is 18.7 Å². The molecule has 4 rings (SSSR count). The zero-order valence-electron chi connectivity index (χ0n) is 19.8. The third kappa shape index (κ3) is 4.78.